The van der Waals surface area contributed by atoms with Crippen LogP contribution in [-0.4, -0.2) is 69.3 Å². The molecule has 1 saturated heterocycles. The van der Waals surface area contributed by atoms with Crippen molar-refractivity contribution in [3.8, 4) is 17.2 Å². The van der Waals surface area contributed by atoms with Crippen molar-refractivity contribution in [2.75, 3.05) is 58.9 Å². The highest BCUT2D eigenvalue weighted by atomic mass is 35.5. The second-order valence-electron chi connectivity index (χ2n) is 7.83. The Labute approximate surface area is 187 Å². The van der Waals surface area contributed by atoms with Crippen LogP contribution in [0.4, 0.5) is 5.69 Å². The summed E-state index contributed by atoms with van der Waals surface area (Å²) in [5.41, 5.74) is 3.18. The zero-order chi connectivity index (χ0) is 21.8. The molecule has 0 radical (unpaired) electrons. The maximum atomic E-state index is 12.6. The number of nitrogens with zero attached hydrogens (tertiary/aromatic N) is 2. The van der Waals surface area contributed by atoms with Gasteiger partial charge in [0.2, 0.25) is 5.91 Å². The normalized spacial score (nSPS) is 16.5. The molecule has 7 nitrogen and oxygen atoms in total. The second kappa shape index (κ2) is 9.77. The zero-order valence-corrected chi connectivity index (χ0v) is 18.7. The summed E-state index contributed by atoms with van der Waals surface area (Å²) < 4.78 is 16.2. The van der Waals surface area contributed by atoms with E-state index >= 15 is 0 Å². The SMILES string of the molecule is COc1cc(NC(=O)CN2CCN(Cc3ccc4c(c3)CCO4)CC2)c(OC)cc1Cl. The minimum absolute atomic E-state index is 0.0882. The molecule has 166 valence electrons. The van der Waals surface area contributed by atoms with Crippen molar-refractivity contribution in [3.63, 3.8) is 0 Å². The van der Waals surface area contributed by atoms with Gasteiger partial charge < -0.3 is 19.5 Å². The molecule has 0 saturated carbocycles. The molecule has 2 heterocycles. The van der Waals surface area contributed by atoms with Gasteiger partial charge in [-0.05, 0) is 17.2 Å². The van der Waals surface area contributed by atoms with Gasteiger partial charge in [0, 0.05) is 51.3 Å². The third-order valence-electron chi connectivity index (χ3n) is 5.74. The van der Waals surface area contributed by atoms with Crippen LogP contribution in [0.3, 0.4) is 0 Å². The lowest BCUT2D eigenvalue weighted by atomic mass is 10.1. The third kappa shape index (κ3) is 5.23. The minimum atomic E-state index is -0.0882. The number of carbonyl (C=O) groups is 1. The highest BCUT2D eigenvalue weighted by molar-refractivity contribution is 6.32. The number of fused-ring (bicyclic) bond motifs is 1. The molecular weight excluding hydrogens is 418 g/mol. The van der Waals surface area contributed by atoms with Crippen molar-refractivity contribution in [1.82, 2.24) is 9.80 Å². The van der Waals surface area contributed by atoms with Crippen LogP contribution in [0.5, 0.6) is 17.2 Å². The minimum Gasteiger partial charge on any atom is -0.495 e. The summed E-state index contributed by atoms with van der Waals surface area (Å²) in [6.45, 7) is 5.60. The topological polar surface area (TPSA) is 63.3 Å². The number of benzene rings is 2. The van der Waals surface area contributed by atoms with Crippen LogP contribution in [0.2, 0.25) is 5.02 Å². The van der Waals surface area contributed by atoms with E-state index in [2.05, 4.69) is 33.3 Å². The molecule has 1 N–H and O–H groups in total. The van der Waals surface area contributed by atoms with Gasteiger partial charge in [0.1, 0.15) is 17.2 Å². The van der Waals surface area contributed by atoms with Gasteiger partial charge in [0.15, 0.2) is 0 Å². The molecular formula is C23H28ClN3O4. The van der Waals surface area contributed by atoms with Gasteiger partial charge in [-0.1, -0.05) is 23.7 Å². The number of ether oxygens (including phenoxy) is 3. The number of carbonyl (C=O) groups excluding carboxylic acids is 1. The second-order valence-corrected chi connectivity index (χ2v) is 8.24. The van der Waals surface area contributed by atoms with E-state index in [0.717, 1.165) is 51.5 Å². The Hall–Kier alpha value is -2.48. The number of anilines is 1. The number of halogens is 1. The average Bonchev–Trinajstić information content (AvgIpc) is 3.24. The first-order valence-corrected chi connectivity index (χ1v) is 10.8. The van der Waals surface area contributed by atoms with E-state index in [0.29, 0.717) is 28.8 Å². The van der Waals surface area contributed by atoms with Gasteiger partial charge >= 0.3 is 0 Å². The van der Waals surface area contributed by atoms with Gasteiger partial charge in [-0.2, -0.15) is 0 Å². The molecule has 0 spiro atoms. The average molecular weight is 446 g/mol. The molecule has 4 rings (SSSR count). The van der Waals surface area contributed by atoms with E-state index in [1.165, 1.54) is 18.2 Å². The van der Waals surface area contributed by atoms with Crippen molar-refractivity contribution in [3.05, 3.63) is 46.5 Å². The zero-order valence-electron chi connectivity index (χ0n) is 17.9. The first-order valence-electron chi connectivity index (χ1n) is 10.5. The molecule has 0 unspecified atom stereocenters. The summed E-state index contributed by atoms with van der Waals surface area (Å²) in [5, 5.41) is 3.35. The van der Waals surface area contributed by atoms with Crippen molar-refractivity contribution in [2.45, 2.75) is 13.0 Å². The molecule has 1 fully saturated rings. The summed E-state index contributed by atoms with van der Waals surface area (Å²) >= 11 is 6.13. The molecule has 2 aromatic rings. The number of methoxy groups -OCH3 is 2. The van der Waals surface area contributed by atoms with Gasteiger partial charge in [0.25, 0.3) is 0 Å². The lowest BCUT2D eigenvalue weighted by molar-refractivity contribution is -0.117. The Bertz CT molecular complexity index is 945. The van der Waals surface area contributed by atoms with E-state index in [1.807, 2.05) is 0 Å². The predicted molar refractivity (Wildman–Crippen MR) is 121 cm³/mol. The maximum Gasteiger partial charge on any atom is 0.238 e. The molecule has 2 aromatic carbocycles. The molecule has 2 aliphatic rings. The van der Waals surface area contributed by atoms with Crippen LogP contribution in [0, 0.1) is 0 Å². The summed E-state index contributed by atoms with van der Waals surface area (Å²) in [5.74, 6) is 1.93. The standard InChI is InChI=1S/C23H28ClN3O4/c1-29-21-13-19(22(30-2)12-18(21)24)25-23(28)15-27-8-6-26(7-9-27)14-16-3-4-20-17(11-16)5-10-31-20/h3-4,11-13H,5-10,14-15H2,1-2H3,(H,25,28). The Morgan fingerprint density at radius 3 is 2.55 bits per heavy atom. The molecule has 31 heavy (non-hydrogen) atoms. The molecule has 0 bridgehead atoms. The largest absolute Gasteiger partial charge is 0.495 e. The Kier molecular flexibility index (Phi) is 6.85. The lowest BCUT2D eigenvalue weighted by Gasteiger charge is -2.34. The van der Waals surface area contributed by atoms with Crippen LogP contribution in [0.1, 0.15) is 11.1 Å². The Balaban J connectivity index is 1.27. The highest BCUT2D eigenvalue weighted by Crippen LogP contribution is 2.35. The van der Waals surface area contributed by atoms with E-state index in [-0.39, 0.29) is 5.91 Å². The van der Waals surface area contributed by atoms with E-state index in [4.69, 9.17) is 25.8 Å². The summed E-state index contributed by atoms with van der Waals surface area (Å²) in [6, 6.07) is 9.81. The number of amides is 1. The highest BCUT2D eigenvalue weighted by Gasteiger charge is 2.21. The van der Waals surface area contributed by atoms with Gasteiger partial charge in [-0.25, -0.2) is 0 Å². The Morgan fingerprint density at radius 1 is 1.06 bits per heavy atom. The predicted octanol–water partition coefficient (Wildman–Crippen LogP) is 3.05. The van der Waals surface area contributed by atoms with Crippen LogP contribution in [0.15, 0.2) is 30.3 Å². The fraction of sp³-hybridized carbons (Fsp3) is 0.435. The van der Waals surface area contributed by atoms with Crippen molar-refractivity contribution in [2.24, 2.45) is 0 Å². The van der Waals surface area contributed by atoms with Crippen LogP contribution in [0.25, 0.3) is 0 Å². The van der Waals surface area contributed by atoms with Gasteiger partial charge in [-0.15, -0.1) is 0 Å². The molecule has 0 aliphatic carbocycles. The number of rotatable bonds is 7. The smallest absolute Gasteiger partial charge is 0.238 e. The summed E-state index contributed by atoms with van der Waals surface area (Å²) in [7, 11) is 3.08. The lowest BCUT2D eigenvalue weighted by Crippen LogP contribution is -2.48. The van der Waals surface area contributed by atoms with E-state index < -0.39 is 0 Å². The summed E-state index contributed by atoms with van der Waals surface area (Å²) in [6.07, 6.45) is 0.996. The van der Waals surface area contributed by atoms with Crippen molar-refractivity contribution in [1.29, 1.82) is 0 Å². The molecule has 0 aromatic heterocycles. The molecule has 2 aliphatic heterocycles. The van der Waals surface area contributed by atoms with Crippen LogP contribution in [-0.2, 0) is 17.8 Å². The fourth-order valence-corrected chi connectivity index (χ4v) is 4.28. The van der Waals surface area contributed by atoms with Gasteiger partial charge in [-0.3, -0.25) is 14.6 Å². The molecule has 8 heteroatoms. The first kappa shape index (κ1) is 21.7. The van der Waals surface area contributed by atoms with E-state index in [9.17, 15) is 4.79 Å². The van der Waals surface area contributed by atoms with Crippen LogP contribution >= 0.6 is 11.6 Å². The van der Waals surface area contributed by atoms with E-state index in [1.54, 1.807) is 19.2 Å². The number of hydrogen-bond donors (Lipinski definition) is 1. The van der Waals surface area contributed by atoms with Crippen molar-refractivity contribution >= 4 is 23.2 Å². The van der Waals surface area contributed by atoms with Crippen molar-refractivity contribution < 1.29 is 19.0 Å². The number of hydrogen-bond acceptors (Lipinski definition) is 6. The Morgan fingerprint density at radius 2 is 1.81 bits per heavy atom. The molecule has 0 atom stereocenters. The fourth-order valence-electron chi connectivity index (χ4n) is 4.05. The third-order valence-corrected chi connectivity index (χ3v) is 6.04. The monoisotopic (exact) mass is 445 g/mol. The number of nitrogens with one attached hydrogen (secondary N) is 1. The maximum absolute atomic E-state index is 12.6. The summed E-state index contributed by atoms with van der Waals surface area (Å²) in [4.78, 5) is 17.2. The number of piperazine rings is 1. The first-order chi connectivity index (χ1) is 15.1. The van der Waals surface area contributed by atoms with Gasteiger partial charge in [0.05, 0.1) is 38.1 Å². The van der Waals surface area contributed by atoms with Crippen LogP contribution < -0.4 is 19.5 Å². The molecule has 1 amide bonds. The quantitative estimate of drug-likeness (QED) is 0.706.